The van der Waals surface area contributed by atoms with Gasteiger partial charge in [0.25, 0.3) is 0 Å². The minimum Gasteiger partial charge on any atom is -0.493 e. The molecule has 5 nitrogen and oxygen atoms in total. The topological polar surface area (TPSA) is 46.1 Å². The fourth-order valence-electron chi connectivity index (χ4n) is 3.06. The highest BCUT2D eigenvalue weighted by Crippen LogP contribution is 2.34. The summed E-state index contributed by atoms with van der Waals surface area (Å²) in [6.45, 7) is 3.15. The third-order valence-electron chi connectivity index (χ3n) is 4.65. The summed E-state index contributed by atoms with van der Waals surface area (Å²) in [5.41, 5.74) is 1.23. The van der Waals surface area contributed by atoms with Gasteiger partial charge in [0, 0.05) is 26.7 Å². The lowest BCUT2D eigenvalue weighted by Gasteiger charge is -2.22. The number of likely N-dealkylation sites (N-methyl/N-ethyl adjacent to an activating group) is 1. The maximum absolute atomic E-state index is 5.37. The summed E-state index contributed by atoms with van der Waals surface area (Å²) in [7, 11) is 7.27. The number of benzene rings is 1. The van der Waals surface area contributed by atoms with Crippen LogP contribution in [0.4, 0.5) is 0 Å². The molecule has 1 fully saturated rings. The van der Waals surface area contributed by atoms with Gasteiger partial charge in [-0.05, 0) is 42.9 Å². The highest BCUT2D eigenvalue weighted by atomic mass is 127. The van der Waals surface area contributed by atoms with Crippen molar-refractivity contribution in [1.29, 1.82) is 0 Å². The van der Waals surface area contributed by atoms with Crippen molar-refractivity contribution < 1.29 is 9.47 Å². The Morgan fingerprint density at radius 2 is 2.00 bits per heavy atom. The Morgan fingerprint density at radius 1 is 1.28 bits per heavy atom. The van der Waals surface area contributed by atoms with Crippen molar-refractivity contribution in [2.75, 3.05) is 34.9 Å². The second-order valence-electron chi connectivity index (χ2n) is 6.44. The smallest absolute Gasteiger partial charge is 0.193 e. The van der Waals surface area contributed by atoms with E-state index in [2.05, 4.69) is 35.2 Å². The van der Waals surface area contributed by atoms with E-state index < -0.39 is 0 Å². The van der Waals surface area contributed by atoms with E-state index in [-0.39, 0.29) is 24.0 Å². The third kappa shape index (κ3) is 6.24. The zero-order valence-electron chi connectivity index (χ0n) is 16.0. The fraction of sp³-hybridized carbons (Fsp3) is 0.632. The molecule has 1 saturated carbocycles. The van der Waals surface area contributed by atoms with Crippen molar-refractivity contribution in [3.05, 3.63) is 23.8 Å². The Kier molecular flexibility index (Phi) is 9.38. The summed E-state index contributed by atoms with van der Waals surface area (Å²) in [6, 6.07) is 6.69. The number of aliphatic imine (C=N–C) groups is 1. The summed E-state index contributed by atoms with van der Waals surface area (Å²) >= 11 is 0. The number of nitrogens with zero attached hydrogens (tertiary/aromatic N) is 2. The molecular formula is C19H32IN3O2. The van der Waals surface area contributed by atoms with E-state index in [0.29, 0.717) is 6.04 Å². The predicted molar refractivity (Wildman–Crippen MR) is 115 cm³/mol. The lowest BCUT2D eigenvalue weighted by Crippen LogP contribution is -2.41. The molecule has 0 spiro atoms. The van der Waals surface area contributed by atoms with Gasteiger partial charge in [0.2, 0.25) is 0 Å². The first-order valence-corrected chi connectivity index (χ1v) is 8.78. The summed E-state index contributed by atoms with van der Waals surface area (Å²) < 4.78 is 10.7. The average molecular weight is 461 g/mol. The van der Waals surface area contributed by atoms with Gasteiger partial charge in [-0.1, -0.05) is 19.4 Å². The van der Waals surface area contributed by atoms with Crippen molar-refractivity contribution in [2.45, 2.75) is 38.6 Å². The standard InChI is InChI=1S/C19H31N3O2.HI/c1-6-7-15-13-16(15)21-19(20-2)22(3)11-10-14-8-9-17(23-4)18(12-14)24-5;/h8-9,12,15-16H,6-7,10-11,13H2,1-5H3,(H,20,21);1H. The van der Waals surface area contributed by atoms with Crippen molar-refractivity contribution in [1.82, 2.24) is 10.2 Å². The van der Waals surface area contributed by atoms with Gasteiger partial charge in [0.15, 0.2) is 17.5 Å². The molecule has 1 N–H and O–H groups in total. The van der Waals surface area contributed by atoms with E-state index in [0.717, 1.165) is 36.3 Å². The summed E-state index contributed by atoms with van der Waals surface area (Å²) in [4.78, 5) is 6.62. The minimum atomic E-state index is 0. The lowest BCUT2D eigenvalue weighted by molar-refractivity contribution is 0.354. The Hall–Kier alpha value is -1.18. The molecule has 1 aromatic rings. The molecule has 0 radical (unpaired) electrons. The Balaban J connectivity index is 0.00000312. The van der Waals surface area contributed by atoms with Gasteiger partial charge >= 0.3 is 0 Å². The van der Waals surface area contributed by atoms with E-state index in [9.17, 15) is 0 Å². The zero-order chi connectivity index (χ0) is 17.5. The van der Waals surface area contributed by atoms with E-state index >= 15 is 0 Å². The molecule has 0 aliphatic heterocycles. The van der Waals surface area contributed by atoms with E-state index in [1.54, 1.807) is 14.2 Å². The van der Waals surface area contributed by atoms with Crippen molar-refractivity contribution in [2.24, 2.45) is 10.9 Å². The molecule has 6 heteroatoms. The molecule has 1 aromatic carbocycles. The van der Waals surface area contributed by atoms with Gasteiger partial charge in [-0.25, -0.2) is 0 Å². The molecule has 2 atom stereocenters. The molecule has 2 unspecified atom stereocenters. The first-order valence-electron chi connectivity index (χ1n) is 8.78. The number of hydrogen-bond donors (Lipinski definition) is 1. The monoisotopic (exact) mass is 461 g/mol. The zero-order valence-corrected chi connectivity index (χ0v) is 18.4. The highest BCUT2D eigenvalue weighted by Gasteiger charge is 2.36. The normalized spacial score (nSPS) is 19.0. The largest absolute Gasteiger partial charge is 0.493 e. The van der Waals surface area contributed by atoms with Crippen molar-refractivity contribution in [3.8, 4) is 11.5 Å². The second kappa shape index (κ2) is 10.7. The molecule has 0 aromatic heterocycles. The van der Waals surface area contributed by atoms with Gasteiger partial charge in [-0.2, -0.15) is 0 Å². The maximum Gasteiger partial charge on any atom is 0.193 e. The molecule has 25 heavy (non-hydrogen) atoms. The Labute approximate surface area is 169 Å². The van der Waals surface area contributed by atoms with Gasteiger partial charge in [0.05, 0.1) is 14.2 Å². The highest BCUT2D eigenvalue weighted by molar-refractivity contribution is 14.0. The summed E-state index contributed by atoms with van der Waals surface area (Å²) in [6.07, 6.45) is 4.78. The molecule has 142 valence electrons. The maximum atomic E-state index is 5.37. The lowest BCUT2D eigenvalue weighted by atomic mass is 10.1. The number of methoxy groups -OCH3 is 2. The minimum absolute atomic E-state index is 0. The number of nitrogens with one attached hydrogen (secondary N) is 1. The number of guanidine groups is 1. The van der Waals surface area contributed by atoms with Crippen LogP contribution >= 0.6 is 24.0 Å². The number of halogens is 1. The molecule has 0 amide bonds. The quantitative estimate of drug-likeness (QED) is 0.366. The van der Waals surface area contributed by atoms with Crippen LogP contribution in [0.5, 0.6) is 11.5 Å². The van der Waals surface area contributed by atoms with Crippen LogP contribution in [0.15, 0.2) is 23.2 Å². The molecule has 0 saturated heterocycles. The fourth-order valence-corrected chi connectivity index (χ4v) is 3.06. The summed E-state index contributed by atoms with van der Waals surface area (Å²) in [5.74, 6) is 3.36. The van der Waals surface area contributed by atoms with Crippen LogP contribution in [0, 0.1) is 5.92 Å². The average Bonchev–Trinajstić information content (AvgIpc) is 3.35. The second-order valence-corrected chi connectivity index (χ2v) is 6.44. The molecule has 0 heterocycles. The number of ether oxygens (including phenoxy) is 2. The van der Waals surface area contributed by atoms with E-state index in [1.807, 2.05) is 19.2 Å². The van der Waals surface area contributed by atoms with Crippen molar-refractivity contribution in [3.63, 3.8) is 0 Å². The number of hydrogen-bond acceptors (Lipinski definition) is 3. The van der Waals surface area contributed by atoms with Gasteiger partial charge in [-0.3, -0.25) is 4.99 Å². The number of rotatable bonds is 8. The summed E-state index contributed by atoms with van der Waals surface area (Å²) in [5, 5.41) is 3.58. The third-order valence-corrected chi connectivity index (χ3v) is 4.65. The van der Waals surface area contributed by atoms with Crippen LogP contribution in [0.3, 0.4) is 0 Å². The Bertz CT molecular complexity index is 566. The van der Waals surface area contributed by atoms with Gasteiger partial charge in [0.1, 0.15) is 0 Å². The SMILES string of the molecule is CCCC1CC1NC(=NC)N(C)CCc1ccc(OC)c(OC)c1.I. The van der Waals surface area contributed by atoms with Gasteiger partial charge in [-0.15, -0.1) is 24.0 Å². The van der Waals surface area contributed by atoms with Gasteiger partial charge < -0.3 is 19.7 Å². The van der Waals surface area contributed by atoms with Crippen LogP contribution in [0.25, 0.3) is 0 Å². The van der Waals surface area contributed by atoms with Crippen LogP contribution in [0.2, 0.25) is 0 Å². The first-order chi connectivity index (χ1) is 11.6. The van der Waals surface area contributed by atoms with Crippen LogP contribution in [-0.4, -0.2) is 51.8 Å². The van der Waals surface area contributed by atoms with Crippen LogP contribution in [-0.2, 0) is 6.42 Å². The molecule has 0 bridgehead atoms. The van der Waals surface area contributed by atoms with Crippen LogP contribution in [0.1, 0.15) is 31.7 Å². The molecule has 1 aliphatic rings. The molecule has 2 rings (SSSR count). The van der Waals surface area contributed by atoms with Crippen molar-refractivity contribution >= 4 is 29.9 Å². The van der Waals surface area contributed by atoms with E-state index in [1.165, 1.54) is 24.8 Å². The molecular weight excluding hydrogens is 429 g/mol. The van der Waals surface area contributed by atoms with Crippen LogP contribution < -0.4 is 14.8 Å². The van der Waals surface area contributed by atoms with E-state index in [4.69, 9.17) is 9.47 Å². The Morgan fingerprint density at radius 3 is 2.60 bits per heavy atom. The molecule has 1 aliphatic carbocycles. The first kappa shape index (κ1) is 21.9. The predicted octanol–water partition coefficient (Wildman–Crippen LogP) is 3.56.